The van der Waals surface area contributed by atoms with Crippen LogP contribution in [0.3, 0.4) is 0 Å². The number of thiazole rings is 1. The molecule has 1 N–H and O–H groups in total. The van der Waals surface area contributed by atoms with Crippen LogP contribution in [0.1, 0.15) is 45.0 Å². The summed E-state index contributed by atoms with van der Waals surface area (Å²) in [4.78, 5) is 44.6. The van der Waals surface area contributed by atoms with Crippen LogP contribution in [-0.4, -0.2) is 41.5 Å². The van der Waals surface area contributed by atoms with Crippen molar-refractivity contribution in [3.63, 3.8) is 0 Å². The number of benzene rings is 2. The number of hydrogen-bond donors (Lipinski definition) is 1. The predicted octanol–water partition coefficient (Wildman–Crippen LogP) is 4.57. The first-order chi connectivity index (χ1) is 16.8. The Morgan fingerprint density at radius 3 is 2.51 bits per heavy atom. The second kappa shape index (κ2) is 9.71. The van der Waals surface area contributed by atoms with Crippen LogP contribution < -0.4 is 9.64 Å². The quantitative estimate of drug-likeness (QED) is 0.232. The minimum Gasteiger partial charge on any atom is -0.507 e. The Morgan fingerprint density at radius 1 is 1.14 bits per heavy atom. The molecule has 180 valence electrons. The van der Waals surface area contributed by atoms with Crippen LogP contribution >= 0.6 is 11.3 Å². The van der Waals surface area contributed by atoms with Crippen LogP contribution in [0.2, 0.25) is 0 Å². The van der Waals surface area contributed by atoms with Crippen molar-refractivity contribution in [1.82, 2.24) is 4.98 Å². The second-order valence-electron chi connectivity index (χ2n) is 7.94. The number of methoxy groups -OCH3 is 1. The SMILES string of the molecule is CCOc1cccc(C2/C(=C(\O)c3ccc(C)cc3)C(=O)C(=O)N2c2nc(C)c(C(=O)OC)s2)c1. The molecule has 0 bridgehead atoms. The number of ketones is 1. The molecule has 35 heavy (non-hydrogen) atoms. The summed E-state index contributed by atoms with van der Waals surface area (Å²) in [6.07, 6.45) is 0. The van der Waals surface area contributed by atoms with Crippen molar-refractivity contribution in [1.29, 1.82) is 0 Å². The first-order valence-electron chi connectivity index (χ1n) is 10.9. The third-order valence-corrected chi connectivity index (χ3v) is 6.75. The standard InChI is InChI=1S/C26H24N2O6S/c1-5-34-18-8-6-7-17(13-18)20-19(21(29)16-11-9-14(2)10-12-16)22(30)24(31)28(20)26-27-15(3)23(35-26)25(32)33-4/h6-13,20,29H,5H2,1-4H3/b21-19+. The molecule has 4 rings (SSSR count). The number of aromatic nitrogens is 1. The molecule has 1 aromatic heterocycles. The first kappa shape index (κ1) is 24.2. The van der Waals surface area contributed by atoms with Gasteiger partial charge in [0.1, 0.15) is 16.4 Å². The Hall–Kier alpha value is -3.98. The number of Topliss-reactive ketones (excluding diaryl/α,β-unsaturated/α-hetero) is 1. The van der Waals surface area contributed by atoms with Crippen LogP contribution in [0, 0.1) is 13.8 Å². The van der Waals surface area contributed by atoms with E-state index >= 15 is 0 Å². The van der Waals surface area contributed by atoms with E-state index in [2.05, 4.69) is 4.98 Å². The molecule has 1 unspecified atom stereocenters. The fraction of sp³-hybridized carbons (Fsp3) is 0.231. The normalized spacial score (nSPS) is 17.0. The highest BCUT2D eigenvalue weighted by molar-refractivity contribution is 7.17. The van der Waals surface area contributed by atoms with Crippen molar-refractivity contribution in [3.05, 3.63) is 81.4 Å². The summed E-state index contributed by atoms with van der Waals surface area (Å²) in [5.74, 6) is -2.02. The highest BCUT2D eigenvalue weighted by Crippen LogP contribution is 2.44. The maximum absolute atomic E-state index is 13.3. The number of hydrogen-bond acceptors (Lipinski definition) is 8. The molecule has 1 fully saturated rings. The van der Waals surface area contributed by atoms with Gasteiger partial charge in [-0.2, -0.15) is 0 Å². The molecule has 0 saturated carbocycles. The fourth-order valence-corrected chi connectivity index (χ4v) is 4.93. The lowest BCUT2D eigenvalue weighted by Gasteiger charge is -2.23. The topological polar surface area (TPSA) is 106 Å². The first-order valence-corrected chi connectivity index (χ1v) is 11.7. The van der Waals surface area contributed by atoms with Gasteiger partial charge >= 0.3 is 11.9 Å². The van der Waals surface area contributed by atoms with Crippen LogP contribution in [-0.2, 0) is 14.3 Å². The number of anilines is 1. The van der Waals surface area contributed by atoms with Crippen molar-refractivity contribution in [2.24, 2.45) is 0 Å². The summed E-state index contributed by atoms with van der Waals surface area (Å²) in [5, 5.41) is 11.4. The lowest BCUT2D eigenvalue weighted by Crippen LogP contribution is -2.29. The van der Waals surface area contributed by atoms with Crippen molar-refractivity contribution >= 4 is 39.9 Å². The molecule has 1 saturated heterocycles. The number of ether oxygens (including phenoxy) is 2. The number of rotatable bonds is 6. The number of aryl methyl sites for hydroxylation is 2. The summed E-state index contributed by atoms with van der Waals surface area (Å²) in [6, 6.07) is 13.0. The summed E-state index contributed by atoms with van der Waals surface area (Å²) in [5.41, 5.74) is 2.25. The lowest BCUT2D eigenvalue weighted by atomic mass is 9.95. The molecular weight excluding hydrogens is 468 g/mol. The van der Waals surface area contributed by atoms with Gasteiger partial charge in [0.25, 0.3) is 5.78 Å². The van der Waals surface area contributed by atoms with Crippen molar-refractivity contribution < 1.29 is 29.0 Å². The predicted molar refractivity (Wildman–Crippen MR) is 132 cm³/mol. The van der Waals surface area contributed by atoms with Gasteiger partial charge in [0.15, 0.2) is 5.13 Å². The van der Waals surface area contributed by atoms with Crippen molar-refractivity contribution in [2.45, 2.75) is 26.8 Å². The van der Waals surface area contributed by atoms with Crippen molar-refractivity contribution in [3.8, 4) is 5.75 Å². The van der Waals surface area contributed by atoms with E-state index in [0.29, 0.717) is 29.2 Å². The molecule has 1 atom stereocenters. The van der Waals surface area contributed by atoms with Crippen LogP contribution in [0.15, 0.2) is 54.1 Å². The van der Waals surface area contributed by atoms with E-state index in [-0.39, 0.29) is 21.3 Å². The summed E-state index contributed by atoms with van der Waals surface area (Å²) >= 11 is 0.951. The average Bonchev–Trinajstić information content (AvgIpc) is 3.36. The van der Waals surface area contributed by atoms with Gasteiger partial charge in [-0.1, -0.05) is 53.3 Å². The van der Waals surface area contributed by atoms with E-state index in [1.807, 2.05) is 26.0 Å². The van der Waals surface area contributed by atoms with E-state index in [1.165, 1.54) is 12.0 Å². The Morgan fingerprint density at radius 2 is 1.86 bits per heavy atom. The zero-order valence-corrected chi connectivity index (χ0v) is 20.5. The third-order valence-electron chi connectivity index (χ3n) is 5.62. The zero-order valence-electron chi connectivity index (χ0n) is 19.7. The number of amides is 1. The van der Waals surface area contributed by atoms with E-state index in [0.717, 1.165) is 16.9 Å². The number of aliphatic hydroxyl groups is 1. The molecule has 0 aliphatic carbocycles. The summed E-state index contributed by atoms with van der Waals surface area (Å²) in [6.45, 7) is 5.82. The molecule has 1 amide bonds. The molecule has 8 nitrogen and oxygen atoms in total. The monoisotopic (exact) mass is 492 g/mol. The van der Waals surface area contributed by atoms with Gasteiger partial charge in [0.2, 0.25) is 0 Å². The molecule has 3 aromatic rings. The Labute approximate surface area is 206 Å². The van der Waals surface area contributed by atoms with Gasteiger partial charge in [-0.3, -0.25) is 14.5 Å². The minimum atomic E-state index is -0.979. The maximum Gasteiger partial charge on any atom is 0.350 e. The Bertz CT molecular complexity index is 1340. The maximum atomic E-state index is 13.3. The largest absolute Gasteiger partial charge is 0.507 e. The Balaban J connectivity index is 1.94. The van der Waals surface area contributed by atoms with Gasteiger partial charge in [-0.15, -0.1) is 0 Å². The summed E-state index contributed by atoms with van der Waals surface area (Å²) < 4.78 is 10.4. The minimum absolute atomic E-state index is 0.0695. The molecule has 2 aromatic carbocycles. The van der Waals surface area contributed by atoms with E-state index in [9.17, 15) is 19.5 Å². The molecule has 0 spiro atoms. The summed E-state index contributed by atoms with van der Waals surface area (Å²) in [7, 11) is 1.26. The highest BCUT2D eigenvalue weighted by atomic mass is 32.1. The Kier molecular flexibility index (Phi) is 6.70. The molecule has 1 aliphatic heterocycles. The van der Waals surface area contributed by atoms with E-state index in [4.69, 9.17) is 9.47 Å². The van der Waals surface area contributed by atoms with Crippen molar-refractivity contribution in [2.75, 3.05) is 18.6 Å². The van der Waals surface area contributed by atoms with Gasteiger partial charge in [0, 0.05) is 5.56 Å². The molecular formula is C26H24N2O6S. The van der Waals surface area contributed by atoms with Gasteiger partial charge in [-0.05, 0) is 38.5 Å². The number of aliphatic hydroxyl groups excluding tert-OH is 1. The van der Waals surface area contributed by atoms with E-state index < -0.39 is 23.7 Å². The van der Waals surface area contributed by atoms with Gasteiger partial charge in [-0.25, -0.2) is 9.78 Å². The lowest BCUT2D eigenvalue weighted by molar-refractivity contribution is -0.132. The van der Waals surface area contributed by atoms with E-state index in [1.54, 1.807) is 43.3 Å². The van der Waals surface area contributed by atoms with Crippen LogP contribution in [0.25, 0.3) is 5.76 Å². The smallest absolute Gasteiger partial charge is 0.350 e. The molecule has 2 heterocycles. The van der Waals surface area contributed by atoms with Gasteiger partial charge < -0.3 is 14.6 Å². The average molecular weight is 493 g/mol. The second-order valence-corrected chi connectivity index (χ2v) is 8.92. The molecule has 9 heteroatoms. The van der Waals surface area contributed by atoms with Crippen LogP contribution in [0.4, 0.5) is 5.13 Å². The number of carbonyl (C=O) groups excluding carboxylic acids is 3. The third kappa shape index (κ3) is 4.42. The number of nitrogens with zero attached hydrogens (tertiary/aromatic N) is 2. The molecule has 1 aliphatic rings. The fourth-order valence-electron chi connectivity index (χ4n) is 3.92. The zero-order chi connectivity index (χ0) is 25.3. The van der Waals surface area contributed by atoms with Gasteiger partial charge in [0.05, 0.1) is 31.0 Å². The van der Waals surface area contributed by atoms with Crippen LogP contribution in [0.5, 0.6) is 5.75 Å². The number of carbonyl (C=O) groups is 3. The highest BCUT2D eigenvalue weighted by Gasteiger charge is 2.48. The molecule has 0 radical (unpaired) electrons. The number of esters is 1.